The van der Waals surface area contributed by atoms with Gasteiger partial charge in [0.05, 0.1) is 26.7 Å². The van der Waals surface area contributed by atoms with Gasteiger partial charge in [0.1, 0.15) is 11.6 Å². The van der Waals surface area contributed by atoms with Crippen molar-refractivity contribution < 1.29 is 26.0 Å². The zero-order valence-electron chi connectivity index (χ0n) is 12.3. The Morgan fingerprint density at radius 2 is 1.50 bits per heavy atom. The highest BCUT2D eigenvalue weighted by molar-refractivity contribution is 7.81. The summed E-state index contributed by atoms with van der Waals surface area (Å²) in [7, 11) is -2.47. The normalized spacial score (nSPS) is 11.5. The molecule has 0 atom stereocenters. The van der Waals surface area contributed by atoms with Gasteiger partial charge in [0.25, 0.3) is 10.4 Å². The number of benzene rings is 1. The maximum Gasteiger partial charge on any atom is 0.262 e. The van der Waals surface area contributed by atoms with Crippen LogP contribution in [0.15, 0.2) is 24.3 Å². The van der Waals surface area contributed by atoms with Gasteiger partial charge >= 0.3 is 0 Å². The van der Waals surface area contributed by atoms with Crippen LogP contribution in [0.2, 0.25) is 0 Å². The lowest BCUT2D eigenvalue weighted by atomic mass is 10.3. The summed E-state index contributed by atoms with van der Waals surface area (Å²) in [5.74, 6) is -0.739. The Balaban J connectivity index is 0.000000396. The third kappa shape index (κ3) is 8.08. The summed E-state index contributed by atoms with van der Waals surface area (Å²) in [5, 5.41) is 0. The molecule has 20 heavy (non-hydrogen) atoms. The summed E-state index contributed by atoms with van der Waals surface area (Å²) in [6.07, 6.45) is 0. The minimum atomic E-state index is -4.76. The Kier molecular flexibility index (Phi) is 7.70. The van der Waals surface area contributed by atoms with Crippen molar-refractivity contribution in [2.75, 3.05) is 26.7 Å². The molecule has 0 saturated carbocycles. The van der Waals surface area contributed by atoms with E-state index in [9.17, 15) is 17.4 Å². The van der Waals surface area contributed by atoms with Crippen molar-refractivity contribution in [3.8, 4) is 5.75 Å². The second kappa shape index (κ2) is 8.18. The molecule has 1 rings (SSSR count). The molecule has 0 aliphatic carbocycles. The lowest BCUT2D eigenvalue weighted by molar-refractivity contribution is -0.904. The molecule has 0 bridgehead atoms. The molecule has 0 fully saturated rings. The predicted molar refractivity (Wildman–Crippen MR) is 74.5 cm³/mol. The van der Waals surface area contributed by atoms with E-state index in [0.717, 1.165) is 24.3 Å². The van der Waals surface area contributed by atoms with Crippen molar-refractivity contribution in [1.82, 2.24) is 0 Å². The first-order valence-electron chi connectivity index (χ1n) is 6.40. The molecular weight excluding hydrogens is 285 g/mol. The number of hydrogen-bond acceptors (Lipinski definition) is 4. The summed E-state index contributed by atoms with van der Waals surface area (Å²) >= 11 is 0. The van der Waals surface area contributed by atoms with Gasteiger partial charge in [-0.2, -0.15) is 0 Å². The maximum atomic E-state index is 12.2. The van der Waals surface area contributed by atoms with Crippen molar-refractivity contribution >= 4 is 10.4 Å². The van der Waals surface area contributed by atoms with Crippen LogP contribution in [-0.2, 0) is 10.4 Å². The van der Waals surface area contributed by atoms with E-state index in [1.807, 2.05) is 0 Å². The van der Waals surface area contributed by atoms with E-state index in [1.165, 1.54) is 24.1 Å². The van der Waals surface area contributed by atoms with Crippen LogP contribution < -0.4 is 4.18 Å². The number of hydrogen-bond donors (Lipinski definition) is 0. The van der Waals surface area contributed by atoms with Crippen LogP contribution >= 0.6 is 0 Å². The van der Waals surface area contributed by atoms with Gasteiger partial charge in [-0.05, 0) is 45.0 Å². The highest BCUT2D eigenvalue weighted by atomic mass is 32.3. The molecule has 116 valence electrons. The van der Waals surface area contributed by atoms with E-state index in [0.29, 0.717) is 0 Å². The quantitative estimate of drug-likeness (QED) is 0.475. The number of rotatable bonds is 5. The molecule has 0 N–H and O–H groups in total. The van der Waals surface area contributed by atoms with Crippen LogP contribution in [0.25, 0.3) is 0 Å². The highest BCUT2D eigenvalue weighted by Crippen LogP contribution is 2.12. The Bertz CT molecular complexity index is 475. The van der Waals surface area contributed by atoms with E-state index in [2.05, 4.69) is 32.0 Å². The Hall–Kier alpha value is -1.18. The predicted octanol–water partition coefficient (Wildman–Crippen LogP) is 2.16. The second-order valence-corrected chi connectivity index (χ2v) is 5.50. The highest BCUT2D eigenvalue weighted by Gasteiger charge is 2.10. The zero-order valence-corrected chi connectivity index (χ0v) is 13.1. The van der Waals surface area contributed by atoms with Gasteiger partial charge in [-0.15, -0.1) is 0 Å². The first-order chi connectivity index (χ1) is 9.15. The third-order valence-corrected chi connectivity index (χ3v) is 3.70. The Labute approximate surface area is 120 Å². The first-order valence-corrected chi connectivity index (χ1v) is 7.73. The first kappa shape index (κ1) is 18.8. The van der Waals surface area contributed by atoms with Crippen molar-refractivity contribution in [3.05, 3.63) is 30.1 Å². The molecule has 0 aliphatic heterocycles. The summed E-state index contributed by atoms with van der Waals surface area (Å²) in [5.41, 5.74) is 0. The van der Waals surface area contributed by atoms with Gasteiger partial charge in [-0.3, -0.25) is 0 Å². The Morgan fingerprint density at radius 3 is 1.75 bits per heavy atom. The van der Waals surface area contributed by atoms with Gasteiger partial charge in [0, 0.05) is 0 Å². The van der Waals surface area contributed by atoms with E-state index >= 15 is 0 Å². The molecule has 0 unspecified atom stereocenters. The number of halogens is 1. The monoisotopic (exact) mass is 307 g/mol. The molecule has 1 aromatic carbocycles. The fourth-order valence-corrected chi connectivity index (χ4v) is 1.63. The van der Waals surface area contributed by atoms with Crippen molar-refractivity contribution in [3.63, 3.8) is 0 Å². The molecule has 0 aliphatic rings. The smallest absolute Gasteiger partial charge is 0.262 e. The molecule has 0 spiro atoms. The van der Waals surface area contributed by atoms with Gasteiger partial charge in [0.2, 0.25) is 0 Å². The molecule has 0 saturated heterocycles. The largest absolute Gasteiger partial charge is 0.716 e. The van der Waals surface area contributed by atoms with Crippen LogP contribution in [0.3, 0.4) is 0 Å². The molecular formula is C13H22FNO4S. The van der Waals surface area contributed by atoms with Gasteiger partial charge in [0.15, 0.2) is 0 Å². The van der Waals surface area contributed by atoms with Crippen LogP contribution in [0.5, 0.6) is 5.75 Å². The zero-order chi connectivity index (χ0) is 15.8. The summed E-state index contributed by atoms with van der Waals surface area (Å²) in [6, 6.07) is 4.07. The van der Waals surface area contributed by atoms with Crippen LogP contribution in [0.1, 0.15) is 20.8 Å². The van der Waals surface area contributed by atoms with E-state index in [-0.39, 0.29) is 5.75 Å². The lowest BCUT2D eigenvalue weighted by Gasteiger charge is -2.30. The van der Waals surface area contributed by atoms with Gasteiger partial charge < -0.3 is 13.2 Å². The molecule has 7 heteroatoms. The molecule has 0 aromatic heterocycles. The van der Waals surface area contributed by atoms with E-state index in [1.54, 1.807) is 0 Å². The lowest BCUT2D eigenvalue weighted by Crippen LogP contribution is -2.42. The number of quaternary nitrogens is 1. The molecule has 1 aromatic rings. The fraction of sp³-hybridized carbons (Fsp3) is 0.538. The van der Waals surface area contributed by atoms with Crippen molar-refractivity contribution in [2.45, 2.75) is 20.8 Å². The van der Waals surface area contributed by atoms with E-state index in [4.69, 9.17) is 0 Å². The average molecular weight is 307 g/mol. The number of nitrogens with zero attached hydrogens (tertiary/aromatic N) is 1. The molecule has 0 radical (unpaired) electrons. The summed E-state index contributed by atoms with van der Waals surface area (Å²) < 4.78 is 47.4. The van der Waals surface area contributed by atoms with Crippen LogP contribution in [0, 0.1) is 5.82 Å². The van der Waals surface area contributed by atoms with Crippen LogP contribution in [0.4, 0.5) is 4.39 Å². The van der Waals surface area contributed by atoms with Gasteiger partial charge in [-0.25, -0.2) is 12.8 Å². The second-order valence-electron chi connectivity index (χ2n) is 4.51. The maximum absolute atomic E-state index is 12.2. The SMILES string of the molecule is CC[N+](C)(CC)CC.O=S(=O)([O-])Oc1ccc(F)cc1. The van der Waals surface area contributed by atoms with Gasteiger partial charge in [-0.1, -0.05) is 0 Å². The van der Waals surface area contributed by atoms with Crippen LogP contribution in [-0.4, -0.2) is 44.1 Å². The molecule has 0 amide bonds. The average Bonchev–Trinajstić information content (AvgIpc) is 2.40. The van der Waals surface area contributed by atoms with Crippen molar-refractivity contribution in [2.24, 2.45) is 0 Å². The van der Waals surface area contributed by atoms with E-state index < -0.39 is 16.2 Å². The summed E-state index contributed by atoms with van der Waals surface area (Å²) in [6.45, 7) is 10.5. The minimum absolute atomic E-state index is 0.202. The minimum Gasteiger partial charge on any atom is -0.716 e. The topological polar surface area (TPSA) is 66.4 Å². The summed E-state index contributed by atoms with van der Waals surface area (Å²) in [4.78, 5) is 0. The van der Waals surface area contributed by atoms with Crippen molar-refractivity contribution in [1.29, 1.82) is 0 Å². The molecule has 5 nitrogen and oxygen atoms in total. The molecule has 0 heterocycles. The Morgan fingerprint density at radius 1 is 1.10 bits per heavy atom. The standard InChI is InChI=1S/C7H18N.C6H5FO4S/c1-5-8(4,6-2)7-3;7-5-1-3-6(4-2-5)11-12(8,9)10/h5-7H2,1-4H3;1-4H,(H,8,9,10)/q+1;/p-1. The third-order valence-electron chi connectivity index (χ3n) is 3.30. The fourth-order valence-electron chi connectivity index (χ4n) is 1.28.